The molecule has 0 aromatic heterocycles. The van der Waals surface area contributed by atoms with E-state index in [1.807, 2.05) is 0 Å². The van der Waals surface area contributed by atoms with Crippen LogP contribution in [-0.4, -0.2) is 23.7 Å². The van der Waals surface area contributed by atoms with Gasteiger partial charge in [-0.1, -0.05) is 13.8 Å². The molecule has 0 unspecified atom stereocenters. The molecule has 0 aromatic rings. The van der Waals surface area contributed by atoms with Gasteiger partial charge in [0.2, 0.25) is 0 Å². The topological polar surface area (TPSA) is 47.9 Å². The maximum absolute atomic E-state index is 8.71. The summed E-state index contributed by atoms with van der Waals surface area (Å²) in [6.45, 7) is 14.6. The van der Waals surface area contributed by atoms with Gasteiger partial charge in [-0.05, 0) is 52.4 Å². The van der Waals surface area contributed by atoms with Crippen molar-refractivity contribution in [3.8, 4) is 6.07 Å². The molecule has 1 aliphatic rings. The van der Waals surface area contributed by atoms with Gasteiger partial charge in [-0.15, -0.1) is 0 Å². The second-order valence-electron chi connectivity index (χ2n) is 8.20. The van der Waals surface area contributed by atoms with Crippen molar-refractivity contribution in [1.29, 1.82) is 5.26 Å². The van der Waals surface area contributed by atoms with E-state index in [1.54, 1.807) is 0 Å². The number of nitrogens with one attached hydrogen (secondary N) is 2. The SMILES string of the molecule is CC(C)(CCC#N)CNC1CC(C)(C)NC(C)(C)C1. The molecule has 1 saturated heterocycles. The number of rotatable bonds is 5. The van der Waals surface area contributed by atoms with E-state index in [9.17, 15) is 0 Å². The van der Waals surface area contributed by atoms with Gasteiger partial charge in [-0.3, -0.25) is 0 Å². The highest BCUT2D eigenvalue weighted by Crippen LogP contribution is 2.29. The lowest BCUT2D eigenvalue weighted by molar-refractivity contribution is 0.137. The molecule has 0 aliphatic carbocycles. The molecule has 1 fully saturated rings. The molecular formula is C16H31N3. The predicted molar refractivity (Wildman–Crippen MR) is 80.9 cm³/mol. The standard InChI is InChI=1S/C16H31N3/c1-14(2,8-7-9-17)12-18-13-10-15(3,4)19-16(5,6)11-13/h13,18-19H,7-8,10-12H2,1-6H3. The normalized spacial score (nSPS) is 23.0. The third-order valence-electron chi connectivity index (χ3n) is 3.97. The molecule has 0 bridgehead atoms. The molecule has 3 nitrogen and oxygen atoms in total. The van der Waals surface area contributed by atoms with Crippen LogP contribution in [0.5, 0.6) is 0 Å². The van der Waals surface area contributed by atoms with Gasteiger partial charge in [0.1, 0.15) is 0 Å². The molecule has 19 heavy (non-hydrogen) atoms. The first-order valence-electron chi connectivity index (χ1n) is 7.45. The highest BCUT2D eigenvalue weighted by atomic mass is 15.1. The van der Waals surface area contributed by atoms with Gasteiger partial charge in [0.15, 0.2) is 0 Å². The third kappa shape index (κ3) is 5.93. The van der Waals surface area contributed by atoms with Crippen LogP contribution in [0.2, 0.25) is 0 Å². The van der Waals surface area contributed by atoms with Crippen LogP contribution in [0.3, 0.4) is 0 Å². The molecule has 1 aliphatic heterocycles. The Kier molecular flexibility index (Phi) is 5.03. The minimum absolute atomic E-state index is 0.191. The van der Waals surface area contributed by atoms with Crippen LogP contribution >= 0.6 is 0 Å². The Hall–Kier alpha value is -0.590. The van der Waals surface area contributed by atoms with Gasteiger partial charge < -0.3 is 10.6 Å². The molecule has 0 amide bonds. The Labute approximate surface area is 119 Å². The number of hydrogen-bond acceptors (Lipinski definition) is 3. The second-order valence-corrected chi connectivity index (χ2v) is 8.20. The number of hydrogen-bond donors (Lipinski definition) is 2. The van der Waals surface area contributed by atoms with E-state index in [0.717, 1.165) is 25.8 Å². The van der Waals surface area contributed by atoms with Crippen LogP contribution in [0, 0.1) is 16.7 Å². The summed E-state index contributed by atoms with van der Waals surface area (Å²) in [6, 6.07) is 2.81. The number of nitriles is 1. The van der Waals surface area contributed by atoms with Gasteiger partial charge in [0.25, 0.3) is 0 Å². The Morgan fingerprint density at radius 1 is 1.21 bits per heavy atom. The van der Waals surface area contributed by atoms with E-state index in [4.69, 9.17) is 5.26 Å². The van der Waals surface area contributed by atoms with Crippen LogP contribution in [0.4, 0.5) is 0 Å². The molecule has 2 N–H and O–H groups in total. The molecule has 0 saturated carbocycles. The fourth-order valence-corrected chi connectivity index (χ4v) is 3.37. The Morgan fingerprint density at radius 2 is 1.74 bits per heavy atom. The zero-order valence-corrected chi connectivity index (χ0v) is 13.6. The van der Waals surface area contributed by atoms with Crippen molar-refractivity contribution in [2.75, 3.05) is 6.54 Å². The summed E-state index contributed by atoms with van der Waals surface area (Å²) in [6.07, 6.45) is 3.93. The number of nitrogens with zero attached hydrogens (tertiary/aromatic N) is 1. The van der Waals surface area contributed by atoms with Crippen molar-refractivity contribution in [3.05, 3.63) is 0 Å². The van der Waals surface area contributed by atoms with E-state index < -0.39 is 0 Å². The zero-order chi connectivity index (χ0) is 14.7. The quantitative estimate of drug-likeness (QED) is 0.802. The van der Waals surface area contributed by atoms with Crippen LogP contribution in [0.25, 0.3) is 0 Å². The van der Waals surface area contributed by atoms with Crippen molar-refractivity contribution in [3.63, 3.8) is 0 Å². The lowest BCUT2D eigenvalue weighted by Gasteiger charge is -2.47. The molecule has 1 heterocycles. The summed E-state index contributed by atoms with van der Waals surface area (Å²) in [5.41, 5.74) is 0.585. The van der Waals surface area contributed by atoms with Crippen LogP contribution in [0.1, 0.15) is 67.2 Å². The first-order valence-corrected chi connectivity index (χ1v) is 7.45. The fourth-order valence-electron chi connectivity index (χ4n) is 3.37. The van der Waals surface area contributed by atoms with E-state index in [2.05, 4.69) is 58.2 Å². The molecule has 1 rings (SSSR count). The third-order valence-corrected chi connectivity index (χ3v) is 3.97. The smallest absolute Gasteiger partial charge is 0.0621 e. The van der Waals surface area contributed by atoms with E-state index in [0.29, 0.717) is 12.5 Å². The van der Waals surface area contributed by atoms with Crippen LogP contribution in [0.15, 0.2) is 0 Å². The molecule has 3 heteroatoms. The van der Waals surface area contributed by atoms with E-state index >= 15 is 0 Å². The average molecular weight is 265 g/mol. The molecule has 0 radical (unpaired) electrons. The first kappa shape index (κ1) is 16.5. The summed E-state index contributed by atoms with van der Waals surface area (Å²) in [7, 11) is 0. The van der Waals surface area contributed by atoms with Crippen molar-refractivity contribution in [2.45, 2.75) is 84.3 Å². The second kappa shape index (κ2) is 5.81. The summed E-state index contributed by atoms with van der Waals surface area (Å²) < 4.78 is 0. The minimum Gasteiger partial charge on any atom is -0.313 e. The van der Waals surface area contributed by atoms with Gasteiger partial charge in [0, 0.05) is 30.1 Å². The van der Waals surface area contributed by atoms with E-state index in [-0.39, 0.29) is 16.5 Å². The van der Waals surface area contributed by atoms with Crippen molar-refractivity contribution < 1.29 is 0 Å². The zero-order valence-electron chi connectivity index (χ0n) is 13.6. The fraction of sp³-hybridized carbons (Fsp3) is 0.938. The lowest BCUT2D eigenvalue weighted by atomic mass is 9.79. The molecule has 0 atom stereocenters. The molecule has 110 valence electrons. The minimum atomic E-state index is 0.191. The summed E-state index contributed by atoms with van der Waals surface area (Å²) in [5, 5.41) is 16.1. The van der Waals surface area contributed by atoms with Crippen molar-refractivity contribution in [1.82, 2.24) is 10.6 Å². The first-order chi connectivity index (χ1) is 8.55. The van der Waals surface area contributed by atoms with Gasteiger partial charge in [-0.25, -0.2) is 0 Å². The highest BCUT2D eigenvalue weighted by Gasteiger charge is 2.37. The summed E-state index contributed by atoms with van der Waals surface area (Å²) in [5.74, 6) is 0. The highest BCUT2D eigenvalue weighted by molar-refractivity contribution is 4.99. The Morgan fingerprint density at radius 3 is 2.21 bits per heavy atom. The van der Waals surface area contributed by atoms with Crippen molar-refractivity contribution >= 4 is 0 Å². The molecular weight excluding hydrogens is 234 g/mol. The molecule has 0 aromatic carbocycles. The van der Waals surface area contributed by atoms with Gasteiger partial charge in [0.05, 0.1) is 6.07 Å². The summed E-state index contributed by atoms with van der Waals surface area (Å²) >= 11 is 0. The van der Waals surface area contributed by atoms with Gasteiger partial charge in [-0.2, -0.15) is 5.26 Å². The van der Waals surface area contributed by atoms with Crippen molar-refractivity contribution in [2.24, 2.45) is 5.41 Å². The maximum atomic E-state index is 8.71. The largest absolute Gasteiger partial charge is 0.313 e. The summed E-state index contributed by atoms with van der Waals surface area (Å²) in [4.78, 5) is 0. The van der Waals surface area contributed by atoms with Crippen LogP contribution < -0.4 is 10.6 Å². The maximum Gasteiger partial charge on any atom is 0.0621 e. The predicted octanol–water partition coefficient (Wildman–Crippen LogP) is 3.22. The van der Waals surface area contributed by atoms with E-state index in [1.165, 1.54) is 0 Å². The average Bonchev–Trinajstić information content (AvgIpc) is 2.20. The monoisotopic (exact) mass is 265 g/mol. The molecule has 0 spiro atoms. The Balaban J connectivity index is 2.51. The van der Waals surface area contributed by atoms with Crippen LogP contribution in [-0.2, 0) is 0 Å². The van der Waals surface area contributed by atoms with Gasteiger partial charge >= 0.3 is 0 Å². The Bertz CT molecular complexity index is 320. The number of piperidine rings is 1. The lowest BCUT2D eigenvalue weighted by Crippen LogP contribution is -2.62.